The molecule has 0 atom stereocenters. The van der Waals surface area contributed by atoms with Crippen LogP contribution in [0.5, 0.6) is 5.75 Å². The number of rotatable bonds is 8. The normalized spacial score (nSPS) is 10.1. The number of unbranched alkanes of at least 4 members (excludes halogenated alkanes) is 3. The molecule has 144 valence electrons. The summed E-state index contributed by atoms with van der Waals surface area (Å²) in [4.78, 5) is 0. The van der Waals surface area contributed by atoms with Crippen molar-refractivity contribution in [2.45, 2.75) is 52.4 Å². The van der Waals surface area contributed by atoms with Crippen LogP contribution in [-0.2, 0) is 6.42 Å². The second-order valence-corrected chi connectivity index (χ2v) is 6.75. The van der Waals surface area contributed by atoms with Gasteiger partial charge in [-0.15, -0.1) is 0 Å². The summed E-state index contributed by atoms with van der Waals surface area (Å²) in [6.45, 7) is 5.19. The molecule has 1 heteroatoms. The monoisotopic (exact) mass is 370 g/mol. The molecule has 2 aromatic carbocycles. The zero-order chi connectivity index (χ0) is 19.9. The van der Waals surface area contributed by atoms with E-state index in [1.54, 1.807) is 12.2 Å². The van der Waals surface area contributed by atoms with Gasteiger partial charge in [0.15, 0.2) is 0 Å². The van der Waals surface area contributed by atoms with Gasteiger partial charge in [-0.25, -0.2) is 0 Å². The van der Waals surface area contributed by atoms with Gasteiger partial charge in [-0.2, -0.15) is 0 Å². The molecule has 0 N–H and O–H groups in total. The first kappa shape index (κ1) is 21.4. The Labute approximate surface area is 170 Å². The van der Waals surface area contributed by atoms with E-state index in [9.17, 15) is 0 Å². The number of ether oxygens (including phenoxy) is 1. The molecule has 0 fully saturated rings. The average molecular weight is 371 g/mol. The Balaban J connectivity index is 1.79. The molecule has 2 rings (SSSR count). The fourth-order valence-corrected chi connectivity index (χ4v) is 2.65. The van der Waals surface area contributed by atoms with Crippen LogP contribution in [0.15, 0.2) is 60.7 Å². The van der Waals surface area contributed by atoms with Crippen LogP contribution in [0.3, 0.4) is 0 Å². The minimum absolute atomic E-state index is 0.780. The van der Waals surface area contributed by atoms with E-state index in [0.29, 0.717) is 0 Å². The Morgan fingerprint density at radius 2 is 1.29 bits per heavy atom. The van der Waals surface area contributed by atoms with Gasteiger partial charge in [-0.3, -0.25) is 0 Å². The van der Waals surface area contributed by atoms with Crippen LogP contribution >= 0.6 is 0 Å². The van der Waals surface area contributed by atoms with Crippen molar-refractivity contribution in [2.24, 2.45) is 0 Å². The van der Waals surface area contributed by atoms with E-state index in [4.69, 9.17) is 4.74 Å². The van der Waals surface area contributed by atoms with Crippen molar-refractivity contribution < 1.29 is 4.74 Å². The number of hydrogen-bond donors (Lipinski definition) is 0. The van der Waals surface area contributed by atoms with E-state index in [1.807, 2.05) is 24.3 Å². The maximum Gasteiger partial charge on any atom is 0.119 e. The van der Waals surface area contributed by atoms with Crippen LogP contribution in [-0.4, -0.2) is 6.61 Å². The molecule has 0 heterocycles. The van der Waals surface area contributed by atoms with E-state index in [-0.39, 0.29) is 0 Å². The van der Waals surface area contributed by atoms with Crippen molar-refractivity contribution in [3.8, 4) is 29.4 Å². The summed E-state index contributed by atoms with van der Waals surface area (Å²) in [5, 5.41) is 0. The Kier molecular flexibility index (Phi) is 10.2. The van der Waals surface area contributed by atoms with Gasteiger partial charge in [-0.1, -0.05) is 68.9 Å². The maximum atomic E-state index is 5.71. The summed E-state index contributed by atoms with van der Waals surface area (Å²) >= 11 is 0. The Hall–Kier alpha value is -2.90. The van der Waals surface area contributed by atoms with Crippen LogP contribution in [0, 0.1) is 23.7 Å². The van der Waals surface area contributed by atoms with Gasteiger partial charge < -0.3 is 4.74 Å². The first-order chi connectivity index (χ1) is 13.8. The third-order valence-electron chi connectivity index (χ3n) is 4.33. The minimum atomic E-state index is 0.780. The molecule has 0 aliphatic rings. The molecular weight excluding hydrogens is 340 g/mol. The van der Waals surface area contributed by atoms with Crippen LogP contribution in [0.25, 0.3) is 0 Å². The van der Waals surface area contributed by atoms with E-state index in [1.165, 1.54) is 31.2 Å². The van der Waals surface area contributed by atoms with Gasteiger partial charge in [-0.05, 0) is 73.4 Å². The van der Waals surface area contributed by atoms with Gasteiger partial charge in [0.25, 0.3) is 0 Å². The lowest BCUT2D eigenvalue weighted by molar-refractivity contribution is 0.306. The molecule has 0 bridgehead atoms. The molecule has 0 unspecified atom stereocenters. The first-order valence-corrected chi connectivity index (χ1v) is 10.3. The highest BCUT2D eigenvalue weighted by molar-refractivity contribution is 5.42. The van der Waals surface area contributed by atoms with E-state index >= 15 is 0 Å². The van der Waals surface area contributed by atoms with Crippen molar-refractivity contribution in [3.05, 3.63) is 77.4 Å². The quantitative estimate of drug-likeness (QED) is 0.378. The van der Waals surface area contributed by atoms with Crippen molar-refractivity contribution in [1.82, 2.24) is 0 Å². The number of aryl methyl sites for hydroxylation is 1. The predicted molar refractivity (Wildman–Crippen MR) is 119 cm³/mol. The number of allylic oxidation sites excluding steroid dienone is 2. The molecule has 0 aliphatic heterocycles. The number of benzene rings is 2. The summed E-state index contributed by atoms with van der Waals surface area (Å²) < 4.78 is 5.71. The topological polar surface area (TPSA) is 9.23 Å². The number of hydrogen-bond acceptors (Lipinski definition) is 1. The molecule has 0 amide bonds. The average Bonchev–Trinajstić information content (AvgIpc) is 2.74. The highest BCUT2D eigenvalue weighted by Crippen LogP contribution is 2.12. The highest BCUT2D eigenvalue weighted by Gasteiger charge is 1.94. The third kappa shape index (κ3) is 8.66. The lowest BCUT2D eigenvalue weighted by Gasteiger charge is -2.05. The fraction of sp³-hybridized carbons (Fsp3) is 0.333. The summed E-state index contributed by atoms with van der Waals surface area (Å²) in [5.74, 6) is 13.2. The van der Waals surface area contributed by atoms with E-state index in [0.717, 1.165) is 36.3 Å². The Morgan fingerprint density at radius 1 is 0.714 bits per heavy atom. The van der Waals surface area contributed by atoms with E-state index < -0.39 is 0 Å². The van der Waals surface area contributed by atoms with Gasteiger partial charge in [0.2, 0.25) is 0 Å². The molecule has 28 heavy (non-hydrogen) atoms. The zero-order valence-electron chi connectivity index (χ0n) is 17.1. The molecule has 0 aromatic heterocycles. The summed E-state index contributed by atoms with van der Waals surface area (Å²) in [5.41, 5.74) is 3.39. The van der Waals surface area contributed by atoms with Gasteiger partial charge in [0, 0.05) is 11.1 Å². The first-order valence-electron chi connectivity index (χ1n) is 10.3. The summed E-state index contributed by atoms with van der Waals surface area (Å²) in [7, 11) is 0. The van der Waals surface area contributed by atoms with Gasteiger partial charge in [0.05, 0.1) is 6.61 Å². The van der Waals surface area contributed by atoms with Crippen LogP contribution < -0.4 is 4.74 Å². The second kappa shape index (κ2) is 13.3. The van der Waals surface area contributed by atoms with Gasteiger partial charge >= 0.3 is 0 Å². The molecule has 0 radical (unpaired) electrons. The third-order valence-corrected chi connectivity index (χ3v) is 4.33. The van der Waals surface area contributed by atoms with Crippen LogP contribution in [0.1, 0.15) is 62.6 Å². The highest BCUT2D eigenvalue weighted by atomic mass is 16.5. The van der Waals surface area contributed by atoms with Crippen LogP contribution in [0.4, 0.5) is 0 Å². The van der Waals surface area contributed by atoms with Crippen molar-refractivity contribution in [3.63, 3.8) is 0 Å². The SMILES string of the molecule is CCCCCOc1ccc(C#CC=CC#Cc2ccc(CCCC)cc2)cc1. The Morgan fingerprint density at radius 3 is 1.86 bits per heavy atom. The largest absolute Gasteiger partial charge is 0.494 e. The fourth-order valence-electron chi connectivity index (χ4n) is 2.65. The summed E-state index contributed by atoms with van der Waals surface area (Å²) in [6, 6.07) is 16.4. The lowest BCUT2D eigenvalue weighted by atomic mass is 10.1. The Bertz CT molecular complexity index is 834. The standard InChI is InChI=1S/C27H30O/c1-3-5-11-23-28-27-21-19-26(20-22-27)14-10-8-7-9-13-25-17-15-24(16-18-25)12-6-4-2/h7-8,15-22H,3-6,11-12,23H2,1-2H3. The summed E-state index contributed by atoms with van der Waals surface area (Å²) in [6.07, 6.45) is 10.7. The predicted octanol–water partition coefficient (Wildman–Crippen LogP) is 6.56. The van der Waals surface area contributed by atoms with Crippen molar-refractivity contribution >= 4 is 0 Å². The molecule has 0 saturated carbocycles. The molecule has 0 spiro atoms. The van der Waals surface area contributed by atoms with Gasteiger partial charge in [0.1, 0.15) is 5.75 Å². The van der Waals surface area contributed by atoms with Crippen molar-refractivity contribution in [1.29, 1.82) is 0 Å². The van der Waals surface area contributed by atoms with Crippen LogP contribution in [0.2, 0.25) is 0 Å². The molecule has 0 saturated heterocycles. The molecule has 2 aromatic rings. The van der Waals surface area contributed by atoms with Crippen molar-refractivity contribution in [2.75, 3.05) is 6.61 Å². The maximum absolute atomic E-state index is 5.71. The second-order valence-electron chi connectivity index (χ2n) is 6.75. The lowest BCUT2D eigenvalue weighted by Crippen LogP contribution is -1.96. The smallest absolute Gasteiger partial charge is 0.119 e. The van der Waals surface area contributed by atoms with E-state index in [2.05, 4.69) is 61.8 Å². The zero-order valence-corrected chi connectivity index (χ0v) is 17.1. The molecular formula is C27H30O. The molecule has 1 nitrogen and oxygen atoms in total. The minimum Gasteiger partial charge on any atom is -0.494 e. The molecule has 0 aliphatic carbocycles.